The van der Waals surface area contributed by atoms with Gasteiger partial charge in [-0.15, -0.1) is 5.10 Å². The summed E-state index contributed by atoms with van der Waals surface area (Å²) < 4.78 is 39.2. The molecule has 9 nitrogen and oxygen atoms in total. The van der Waals surface area contributed by atoms with E-state index in [1.165, 1.54) is 10.5 Å². The lowest BCUT2D eigenvalue weighted by atomic mass is 9.88. The number of amides is 2. The number of allylic oxidation sites excluding steroid dienone is 3. The lowest BCUT2D eigenvalue weighted by molar-refractivity contribution is -0.148. The van der Waals surface area contributed by atoms with E-state index in [2.05, 4.69) is 33.2 Å². The summed E-state index contributed by atoms with van der Waals surface area (Å²) in [5, 5.41) is 7.74. The van der Waals surface area contributed by atoms with Crippen LogP contribution in [0.5, 0.6) is 0 Å². The molecule has 2 aliphatic heterocycles. The lowest BCUT2D eigenvalue weighted by Gasteiger charge is -2.32. The molecule has 12 heteroatoms. The Labute approximate surface area is 259 Å². The topological polar surface area (TPSA) is 95.2 Å². The maximum Gasteiger partial charge on any atom is 0.389 e. The summed E-state index contributed by atoms with van der Waals surface area (Å²) in [5.74, 6) is 0.277. The Morgan fingerprint density at radius 2 is 1.87 bits per heavy atom. The zero-order valence-corrected chi connectivity index (χ0v) is 25.1. The van der Waals surface area contributed by atoms with Gasteiger partial charge in [0.1, 0.15) is 0 Å². The van der Waals surface area contributed by atoms with E-state index >= 15 is 0 Å². The fourth-order valence-electron chi connectivity index (χ4n) is 5.79. The van der Waals surface area contributed by atoms with E-state index in [1.54, 1.807) is 29.0 Å². The summed E-state index contributed by atoms with van der Waals surface area (Å²) in [6.07, 6.45) is 5.70. The molecule has 0 unspecified atom stereocenters. The number of hydrogen-bond acceptors (Lipinski definition) is 6. The molecular formula is C33H36F3N7O2. The third-order valence-corrected chi connectivity index (χ3v) is 8.24. The van der Waals surface area contributed by atoms with Gasteiger partial charge in [0.2, 0.25) is 11.9 Å². The molecule has 0 aliphatic carbocycles. The molecule has 1 saturated heterocycles. The molecule has 236 valence electrons. The number of anilines is 2. The lowest BCUT2D eigenvalue weighted by Crippen LogP contribution is -2.38. The van der Waals surface area contributed by atoms with Gasteiger partial charge in [0, 0.05) is 61.8 Å². The first kappa shape index (κ1) is 31.7. The van der Waals surface area contributed by atoms with Crippen molar-refractivity contribution in [3.8, 4) is 0 Å². The standard InChI is InChI=1S/C33H36F3N7O2/c1-3-23(11-17-37-2)24-12-21-42(22-13-24)31(45)26-6-8-27(9-7-26)38-32-39-30-28(5-4-18-43(30)40-32)25-14-19-41(20-15-25)29(44)10-16-33(34,35)36/h3-9,11,14,17-18,24H,2,10,12-13,15-16,19-22H2,1H3,(H,38,40)/b17-11-,23-3+. The second-order valence-corrected chi connectivity index (χ2v) is 11.1. The number of aliphatic imine (C=N–C) groups is 1. The molecule has 2 aromatic heterocycles. The van der Waals surface area contributed by atoms with Crippen LogP contribution >= 0.6 is 0 Å². The second-order valence-electron chi connectivity index (χ2n) is 11.1. The molecule has 1 aromatic carbocycles. The van der Waals surface area contributed by atoms with Gasteiger partial charge in [0.05, 0.1) is 6.42 Å². The quantitative estimate of drug-likeness (QED) is 0.220. The molecule has 2 amide bonds. The zero-order valence-electron chi connectivity index (χ0n) is 25.1. The van der Waals surface area contributed by atoms with E-state index in [9.17, 15) is 22.8 Å². The van der Waals surface area contributed by atoms with Gasteiger partial charge < -0.3 is 15.1 Å². The fourth-order valence-corrected chi connectivity index (χ4v) is 5.79. The monoisotopic (exact) mass is 619 g/mol. The number of rotatable bonds is 9. The van der Waals surface area contributed by atoms with Crippen molar-refractivity contribution >= 4 is 41.4 Å². The largest absolute Gasteiger partial charge is 0.389 e. The van der Waals surface area contributed by atoms with Crippen molar-refractivity contribution in [2.24, 2.45) is 10.9 Å². The Kier molecular flexibility index (Phi) is 9.80. The molecule has 0 saturated carbocycles. The Morgan fingerprint density at radius 3 is 2.51 bits per heavy atom. The Bertz CT molecular complexity index is 1630. The number of fused-ring (bicyclic) bond motifs is 1. The molecule has 3 aromatic rings. The van der Waals surface area contributed by atoms with E-state index in [0.717, 1.165) is 29.7 Å². The number of nitrogens with one attached hydrogen (secondary N) is 1. The van der Waals surface area contributed by atoms with E-state index in [-0.39, 0.29) is 12.5 Å². The zero-order chi connectivity index (χ0) is 32.0. The molecule has 5 rings (SSSR count). The molecule has 2 aliphatic rings. The van der Waals surface area contributed by atoms with Gasteiger partial charge in [-0.25, -0.2) is 4.52 Å². The maximum absolute atomic E-state index is 13.2. The second kappa shape index (κ2) is 13.9. The van der Waals surface area contributed by atoms with Crippen LogP contribution in [-0.4, -0.2) is 75.3 Å². The molecule has 45 heavy (non-hydrogen) atoms. The van der Waals surface area contributed by atoms with Crippen molar-refractivity contribution < 1.29 is 22.8 Å². The number of nitrogens with zero attached hydrogens (tertiary/aromatic N) is 6. The molecule has 0 atom stereocenters. The summed E-state index contributed by atoms with van der Waals surface area (Å²) in [4.78, 5) is 37.2. The number of hydrogen-bond donors (Lipinski definition) is 1. The van der Waals surface area contributed by atoms with Crippen molar-refractivity contribution in [3.63, 3.8) is 0 Å². The van der Waals surface area contributed by atoms with Gasteiger partial charge in [0.25, 0.3) is 5.91 Å². The van der Waals surface area contributed by atoms with Crippen molar-refractivity contribution in [1.82, 2.24) is 24.4 Å². The average Bonchev–Trinajstić information content (AvgIpc) is 3.46. The number of pyridine rings is 1. The SMILES string of the molecule is C=N/C=C\C(=C/C)C1CCN(C(=O)c2ccc(Nc3nc4c(C5=CCN(C(=O)CCC(F)(F)F)CC5)cccn4n3)cc2)CC1. The normalized spacial score (nSPS) is 16.7. The number of halogens is 3. The van der Waals surface area contributed by atoms with Crippen LogP contribution in [0.4, 0.5) is 24.8 Å². The van der Waals surface area contributed by atoms with E-state index < -0.39 is 24.9 Å². The van der Waals surface area contributed by atoms with Crippen LogP contribution in [0.15, 0.2) is 77.6 Å². The predicted octanol–water partition coefficient (Wildman–Crippen LogP) is 6.44. The third-order valence-electron chi connectivity index (χ3n) is 8.24. The summed E-state index contributed by atoms with van der Waals surface area (Å²) in [6, 6.07) is 11.0. The predicted molar refractivity (Wildman–Crippen MR) is 168 cm³/mol. The van der Waals surface area contributed by atoms with Crippen LogP contribution < -0.4 is 5.32 Å². The Balaban J connectivity index is 1.20. The Hall–Kier alpha value is -4.74. The van der Waals surface area contributed by atoms with Gasteiger partial charge in [-0.05, 0) is 92.4 Å². The van der Waals surface area contributed by atoms with E-state index in [4.69, 9.17) is 0 Å². The van der Waals surface area contributed by atoms with Crippen LogP contribution in [0.3, 0.4) is 0 Å². The van der Waals surface area contributed by atoms with Crippen LogP contribution in [0.25, 0.3) is 11.2 Å². The van der Waals surface area contributed by atoms with E-state index in [1.807, 2.05) is 48.2 Å². The highest BCUT2D eigenvalue weighted by molar-refractivity contribution is 5.94. The number of alkyl halides is 3. The van der Waals surface area contributed by atoms with E-state index in [0.29, 0.717) is 49.1 Å². The first-order valence-corrected chi connectivity index (χ1v) is 15.0. The minimum absolute atomic E-state index is 0.00204. The highest BCUT2D eigenvalue weighted by Gasteiger charge is 2.30. The molecule has 0 bridgehead atoms. The van der Waals surface area contributed by atoms with Crippen molar-refractivity contribution in [2.45, 2.75) is 45.2 Å². The minimum atomic E-state index is -4.35. The van der Waals surface area contributed by atoms with Crippen molar-refractivity contribution in [1.29, 1.82) is 0 Å². The molecular weight excluding hydrogens is 583 g/mol. The van der Waals surface area contributed by atoms with Crippen LogP contribution in [0.2, 0.25) is 0 Å². The van der Waals surface area contributed by atoms with Crippen molar-refractivity contribution in [2.75, 3.05) is 31.5 Å². The third kappa shape index (κ3) is 7.86. The summed E-state index contributed by atoms with van der Waals surface area (Å²) in [7, 11) is 0. The maximum atomic E-state index is 13.2. The number of carbonyl (C=O) groups excluding carboxylic acids is 2. The summed E-state index contributed by atoms with van der Waals surface area (Å²) in [6.45, 7) is 7.47. The van der Waals surface area contributed by atoms with Crippen LogP contribution in [0.1, 0.15) is 54.9 Å². The number of likely N-dealkylation sites (tertiary alicyclic amines) is 1. The minimum Gasteiger partial charge on any atom is -0.339 e. The highest BCUT2D eigenvalue weighted by Crippen LogP contribution is 2.29. The Morgan fingerprint density at radius 1 is 1.11 bits per heavy atom. The number of aromatic nitrogens is 3. The molecule has 1 fully saturated rings. The van der Waals surface area contributed by atoms with Crippen LogP contribution in [-0.2, 0) is 4.79 Å². The smallest absolute Gasteiger partial charge is 0.339 e. The van der Waals surface area contributed by atoms with Gasteiger partial charge in [0.15, 0.2) is 5.65 Å². The van der Waals surface area contributed by atoms with Gasteiger partial charge in [-0.2, -0.15) is 18.2 Å². The van der Waals surface area contributed by atoms with Crippen molar-refractivity contribution in [3.05, 3.63) is 83.7 Å². The van der Waals surface area contributed by atoms with Gasteiger partial charge in [-0.3, -0.25) is 14.6 Å². The summed E-state index contributed by atoms with van der Waals surface area (Å²) in [5.41, 5.74) is 4.98. The van der Waals surface area contributed by atoms with Gasteiger partial charge in [-0.1, -0.05) is 12.2 Å². The molecule has 0 radical (unpaired) electrons. The number of carbonyl (C=O) groups is 2. The average molecular weight is 620 g/mol. The summed E-state index contributed by atoms with van der Waals surface area (Å²) >= 11 is 0. The first-order chi connectivity index (χ1) is 21.6. The first-order valence-electron chi connectivity index (χ1n) is 15.0. The highest BCUT2D eigenvalue weighted by atomic mass is 19.4. The molecule has 4 heterocycles. The van der Waals surface area contributed by atoms with Gasteiger partial charge >= 0.3 is 6.18 Å². The van der Waals surface area contributed by atoms with Crippen LogP contribution in [0, 0.1) is 5.92 Å². The molecule has 0 spiro atoms. The fraction of sp³-hybridized carbons (Fsp3) is 0.364. The number of piperidine rings is 1. The molecule has 1 N–H and O–H groups in total. The number of benzene rings is 1.